The van der Waals surface area contributed by atoms with E-state index in [-0.39, 0.29) is 11.6 Å². The Kier molecular flexibility index (Phi) is 4.00. The first-order valence-electron chi connectivity index (χ1n) is 7.25. The largest absolute Gasteiger partial charge is 0.366 e. The van der Waals surface area contributed by atoms with Gasteiger partial charge in [0.05, 0.1) is 16.1 Å². The summed E-state index contributed by atoms with van der Waals surface area (Å²) in [5.74, 6) is -0.201. The molecule has 0 radical (unpaired) electrons. The quantitative estimate of drug-likeness (QED) is 0.622. The molecular formula is C16H22N2O4. The van der Waals surface area contributed by atoms with E-state index in [1.54, 1.807) is 24.0 Å². The van der Waals surface area contributed by atoms with Crippen molar-refractivity contribution >= 4 is 11.6 Å². The van der Waals surface area contributed by atoms with Crippen LogP contribution < -0.4 is 0 Å². The third kappa shape index (κ3) is 3.44. The number of nitro benzene ring substituents is 1. The number of amides is 1. The van der Waals surface area contributed by atoms with Crippen LogP contribution in [0.25, 0.3) is 0 Å². The molecule has 0 unspecified atom stereocenters. The molecule has 1 amide bonds. The summed E-state index contributed by atoms with van der Waals surface area (Å²) < 4.78 is 5.96. The summed E-state index contributed by atoms with van der Waals surface area (Å²) in [6, 6.07) is 4.61. The fourth-order valence-corrected chi connectivity index (χ4v) is 3.05. The minimum absolute atomic E-state index is 0.0300. The van der Waals surface area contributed by atoms with Crippen molar-refractivity contribution in [2.45, 2.75) is 45.8 Å². The van der Waals surface area contributed by atoms with Crippen molar-refractivity contribution in [3.05, 3.63) is 39.4 Å². The third-order valence-electron chi connectivity index (χ3n) is 3.64. The Balaban J connectivity index is 2.32. The maximum absolute atomic E-state index is 12.7. The van der Waals surface area contributed by atoms with E-state index in [2.05, 4.69) is 0 Å². The molecule has 1 heterocycles. The molecule has 1 aliphatic heterocycles. The van der Waals surface area contributed by atoms with Crippen molar-refractivity contribution in [1.82, 2.24) is 4.90 Å². The van der Waals surface area contributed by atoms with Gasteiger partial charge in [0.25, 0.3) is 11.6 Å². The second-order valence-electron chi connectivity index (χ2n) is 7.04. The van der Waals surface area contributed by atoms with E-state index in [9.17, 15) is 14.9 Å². The normalized spacial score (nSPS) is 19.8. The molecule has 0 aliphatic carbocycles. The maximum Gasteiger partial charge on any atom is 0.273 e. The minimum atomic E-state index is -0.459. The molecule has 6 heteroatoms. The molecule has 0 bridgehead atoms. The minimum Gasteiger partial charge on any atom is -0.366 e. The molecule has 6 nitrogen and oxygen atoms in total. The molecule has 0 spiro atoms. The summed E-state index contributed by atoms with van der Waals surface area (Å²) in [7, 11) is 0. The standard InChI is InChI=1S/C16H22N2O4/c1-11-6-7-12(8-13(11)18(20)21)14(19)17-9-15(2,3)22-16(4,5)10-17/h6-8H,9-10H2,1-5H3. The van der Waals surface area contributed by atoms with Gasteiger partial charge in [-0.25, -0.2) is 0 Å². The van der Waals surface area contributed by atoms with Crippen molar-refractivity contribution in [1.29, 1.82) is 0 Å². The number of nitro groups is 1. The maximum atomic E-state index is 12.7. The van der Waals surface area contributed by atoms with Crippen LogP contribution in [-0.2, 0) is 4.74 Å². The number of carbonyl (C=O) groups is 1. The summed E-state index contributed by atoms with van der Waals surface area (Å²) in [4.78, 5) is 25.0. The first kappa shape index (κ1) is 16.4. The van der Waals surface area contributed by atoms with Crippen LogP contribution >= 0.6 is 0 Å². The summed E-state index contributed by atoms with van der Waals surface area (Å²) in [5, 5.41) is 11.0. The number of nitrogens with zero attached hydrogens (tertiary/aromatic N) is 2. The average molecular weight is 306 g/mol. The van der Waals surface area contributed by atoms with E-state index >= 15 is 0 Å². The summed E-state index contributed by atoms with van der Waals surface area (Å²) in [6.07, 6.45) is 0. The van der Waals surface area contributed by atoms with Crippen LogP contribution in [0.5, 0.6) is 0 Å². The molecule has 1 aromatic rings. The van der Waals surface area contributed by atoms with Crippen LogP contribution in [0.15, 0.2) is 18.2 Å². The zero-order chi connectivity index (χ0) is 16.7. The lowest BCUT2D eigenvalue weighted by Gasteiger charge is -2.47. The fraction of sp³-hybridized carbons (Fsp3) is 0.562. The van der Waals surface area contributed by atoms with Crippen molar-refractivity contribution in [2.24, 2.45) is 0 Å². The SMILES string of the molecule is Cc1ccc(C(=O)N2CC(C)(C)OC(C)(C)C2)cc1[N+](=O)[O-]. The lowest BCUT2D eigenvalue weighted by atomic mass is 9.98. The van der Waals surface area contributed by atoms with Gasteiger partial charge in [0.2, 0.25) is 0 Å². The van der Waals surface area contributed by atoms with E-state index in [0.717, 1.165) is 0 Å². The highest BCUT2D eigenvalue weighted by Gasteiger charge is 2.40. The van der Waals surface area contributed by atoms with Crippen LogP contribution in [0.1, 0.15) is 43.6 Å². The number of rotatable bonds is 2. The van der Waals surface area contributed by atoms with Gasteiger partial charge in [0.1, 0.15) is 0 Å². The highest BCUT2D eigenvalue weighted by molar-refractivity contribution is 5.95. The Bertz CT molecular complexity index is 607. The number of hydrogen-bond donors (Lipinski definition) is 0. The first-order chi connectivity index (χ1) is 10.0. The van der Waals surface area contributed by atoms with Crippen LogP contribution in [0.4, 0.5) is 5.69 Å². The predicted molar refractivity (Wildman–Crippen MR) is 83.0 cm³/mol. The number of hydrogen-bond acceptors (Lipinski definition) is 4. The van der Waals surface area contributed by atoms with E-state index in [4.69, 9.17) is 4.74 Å². The molecule has 1 aliphatic rings. The first-order valence-corrected chi connectivity index (χ1v) is 7.25. The predicted octanol–water partition coefficient (Wildman–Crippen LogP) is 2.93. The van der Waals surface area contributed by atoms with Gasteiger partial charge in [-0.3, -0.25) is 14.9 Å². The van der Waals surface area contributed by atoms with Gasteiger partial charge in [0, 0.05) is 30.3 Å². The number of carbonyl (C=O) groups excluding carboxylic acids is 1. The van der Waals surface area contributed by atoms with Gasteiger partial charge in [-0.1, -0.05) is 6.07 Å². The zero-order valence-corrected chi connectivity index (χ0v) is 13.7. The van der Waals surface area contributed by atoms with Crippen LogP contribution in [0.2, 0.25) is 0 Å². The summed E-state index contributed by atoms with van der Waals surface area (Å²) >= 11 is 0. The molecule has 22 heavy (non-hydrogen) atoms. The summed E-state index contributed by atoms with van der Waals surface area (Å²) in [5.41, 5.74) is -0.0464. The average Bonchev–Trinajstić information content (AvgIpc) is 2.34. The second-order valence-corrected chi connectivity index (χ2v) is 7.04. The van der Waals surface area contributed by atoms with Gasteiger partial charge >= 0.3 is 0 Å². The smallest absolute Gasteiger partial charge is 0.273 e. The van der Waals surface area contributed by atoms with Crippen molar-refractivity contribution in [2.75, 3.05) is 13.1 Å². The van der Waals surface area contributed by atoms with E-state index in [0.29, 0.717) is 24.2 Å². The summed E-state index contributed by atoms with van der Waals surface area (Å²) in [6.45, 7) is 10.3. The molecule has 1 fully saturated rings. The van der Waals surface area contributed by atoms with Crippen LogP contribution in [0, 0.1) is 17.0 Å². The van der Waals surface area contributed by atoms with E-state index in [1.807, 2.05) is 27.7 Å². The molecule has 0 aromatic heterocycles. The third-order valence-corrected chi connectivity index (χ3v) is 3.64. The van der Waals surface area contributed by atoms with Crippen molar-refractivity contribution in [3.63, 3.8) is 0 Å². The van der Waals surface area contributed by atoms with Crippen LogP contribution in [0.3, 0.4) is 0 Å². The molecular weight excluding hydrogens is 284 g/mol. The Labute approximate surface area is 130 Å². The lowest BCUT2D eigenvalue weighted by Crippen LogP contribution is -2.58. The number of aryl methyl sites for hydroxylation is 1. The van der Waals surface area contributed by atoms with Gasteiger partial charge in [-0.05, 0) is 40.7 Å². The Morgan fingerprint density at radius 1 is 1.23 bits per heavy atom. The Morgan fingerprint density at radius 2 is 1.77 bits per heavy atom. The molecule has 0 atom stereocenters. The lowest BCUT2D eigenvalue weighted by molar-refractivity contribution is -0.385. The van der Waals surface area contributed by atoms with Gasteiger partial charge in [-0.15, -0.1) is 0 Å². The highest BCUT2D eigenvalue weighted by Crippen LogP contribution is 2.29. The highest BCUT2D eigenvalue weighted by atomic mass is 16.6. The zero-order valence-electron chi connectivity index (χ0n) is 13.7. The molecule has 1 aromatic carbocycles. The molecule has 0 saturated carbocycles. The van der Waals surface area contributed by atoms with Gasteiger partial charge in [0.15, 0.2) is 0 Å². The Hall–Kier alpha value is -1.95. The van der Waals surface area contributed by atoms with Crippen LogP contribution in [-0.4, -0.2) is 40.0 Å². The van der Waals surface area contributed by atoms with Crippen molar-refractivity contribution in [3.8, 4) is 0 Å². The number of ether oxygens (including phenoxy) is 1. The molecule has 0 N–H and O–H groups in total. The molecule has 120 valence electrons. The topological polar surface area (TPSA) is 72.7 Å². The van der Waals surface area contributed by atoms with Gasteiger partial charge in [-0.2, -0.15) is 0 Å². The number of benzene rings is 1. The number of morpholine rings is 1. The van der Waals surface area contributed by atoms with Crippen molar-refractivity contribution < 1.29 is 14.5 Å². The fourth-order valence-electron chi connectivity index (χ4n) is 3.05. The van der Waals surface area contributed by atoms with E-state index in [1.165, 1.54) is 6.07 Å². The second kappa shape index (κ2) is 5.35. The van der Waals surface area contributed by atoms with E-state index < -0.39 is 16.1 Å². The Morgan fingerprint density at radius 3 is 2.27 bits per heavy atom. The molecule has 2 rings (SSSR count). The molecule has 1 saturated heterocycles. The van der Waals surface area contributed by atoms with Gasteiger partial charge < -0.3 is 9.64 Å². The monoisotopic (exact) mass is 306 g/mol.